The molecule has 0 aliphatic carbocycles. The van der Waals surface area contributed by atoms with Crippen molar-refractivity contribution in [2.24, 2.45) is 0 Å². The zero-order valence-electron chi connectivity index (χ0n) is 9.59. The van der Waals surface area contributed by atoms with Crippen molar-refractivity contribution < 1.29 is 0 Å². The number of nitrogens with one attached hydrogen (secondary N) is 1. The number of likely N-dealkylation sites (tertiary alicyclic amines) is 1. The highest BCUT2D eigenvalue weighted by atomic mass is 79.9. The average molecular weight is 336 g/mol. The number of fused-ring (bicyclic) bond motifs is 2. The molecule has 0 saturated carbocycles. The first-order chi connectivity index (χ1) is 8.20. The second kappa shape index (κ2) is 5.17. The van der Waals surface area contributed by atoms with Gasteiger partial charge in [-0.3, -0.25) is 4.90 Å². The van der Waals surface area contributed by atoms with Crippen molar-refractivity contribution in [3.05, 3.63) is 19.8 Å². The summed E-state index contributed by atoms with van der Waals surface area (Å²) in [4.78, 5) is 3.92. The van der Waals surface area contributed by atoms with Crippen molar-refractivity contribution in [3.63, 3.8) is 0 Å². The highest BCUT2D eigenvalue weighted by Gasteiger charge is 2.29. The van der Waals surface area contributed by atoms with Gasteiger partial charge in [-0.25, -0.2) is 0 Å². The van der Waals surface area contributed by atoms with E-state index >= 15 is 0 Å². The lowest BCUT2D eigenvalue weighted by Gasteiger charge is -2.23. The maximum atomic E-state index is 6.08. The molecule has 2 bridgehead atoms. The minimum absolute atomic E-state index is 0.710. The molecule has 2 unspecified atom stereocenters. The minimum atomic E-state index is 0.710. The molecule has 5 heteroatoms. The Morgan fingerprint density at radius 1 is 1.41 bits per heavy atom. The van der Waals surface area contributed by atoms with Gasteiger partial charge in [0.1, 0.15) is 4.34 Å². The molecule has 2 atom stereocenters. The van der Waals surface area contributed by atoms with Gasteiger partial charge in [0.2, 0.25) is 0 Å². The molecule has 0 amide bonds. The molecule has 0 spiro atoms. The van der Waals surface area contributed by atoms with Gasteiger partial charge in [0.05, 0.1) is 0 Å². The fraction of sp³-hybridized carbons (Fsp3) is 0.667. The van der Waals surface area contributed by atoms with Crippen molar-refractivity contribution in [1.29, 1.82) is 0 Å². The molecule has 0 aromatic carbocycles. The van der Waals surface area contributed by atoms with Gasteiger partial charge in [0.25, 0.3) is 0 Å². The normalized spacial score (nSPS) is 29.5. The number of halogens is 2. The van der Waals surface area contributed by atoms with Crippen LogP contribution in [0.3, 0.4) is 0 Å². The molecule has 3 heterocycles. The molecule has 1 aromatic rings. The van der Waals surface area contributed by atoms with E-state index in [2.05, 4.69) is 32.2 Å². The first-order valence-electron chi connectivity index (χ1n) is 6.13. The third kappa shape index (κ3) is 2.87. The molecule has 2 aliphatic heterocycles. The SMILES string of the molecule is Clc1sc(CN2CCC3CCC(C2)N3)cc1Br. The molecule has 1 N–H and O–H groups in total. The molecular formula is C12H16BrClN2S. The zero-order chi connectivity index (χ0) is 11.8. The maximum Gasteiger partial charge on any atom is 0.107 e. The van der Waals surface area contributed by atoms with Gasteiger partial charge in [-0.1, -0.05) is 11.6 Å². The van der Waals surface area contributed by atoms with Crippen LogP contribution in [0.5, 0.6) is 0 Å². The fourth-order valence-corrected chi connectivity index (χ4v) is 4.68. The molecule has 2 saturated heterocycles. The van der Waals surface area contributed by atoms with E-state index in [1.165, 1.54) is 37.2 Å². The standard InChI is InChI=1S/C12H16BrClN2S/c13-11-5-10(17-12(11)14)7-16-4-3-8-1-2-9(6-16)15-8/h5,8-9,15H,1-4,6-7H2. The van der Waals surface area contributed by atoms with Crippen molar-refractivity contribution >= 4 is 38.9 Å². The molecule has 0 radical (unpaired) electrons. The van der Waals surface area contributed by atoms with Gasteiger partial charge in [-0.05, 0) is 41.3 Å². The Kier molecular flexibility index (Phi) is 3.78. The first kappa shape index (κ1) is 12.4. The first-order valence-corrected chi connectivity index (χ1v) is 8.11. The van der Waals surface area contributed by atoms with Crippen LogP contribution in [0, 0.1) is 0 Å². The summed E-state index contributed by atoms with van der Waals surface area (Å²) in [5, 5.41) is 3.71. The number of nitrogens with zero attached hydrogens (tertiary/aromatic N) is 1. The third-order valence-corrected chi connectivity index (χ3v) is 6.14. The highest BCUT2D eigenvalue weighted by Crippen LogP contribution is 2.33. The van der Waals surface area contributed by atoms with Crippen molar-refractivity contribution in [2.45, 2.75) is 37.9 Å². The predicted octanol–water partition coefficient (Wildman–Crippen LogP) is 3.49. The lowest BCUT2D eigenvalue weighted by atomic mass is 10.1. The van der Waals surface area contributed by atoms with E-state index in [0.29, 0.717) is 6.04 Å². The lowest BCUT2D eigenvalue weighted by molar-refractivity contribution is 0.253. The smallest absolute Gasteiger partial charge is 0.107 e. The van der Waals surface area contributed by atoms with E-state index in [0.717, 1.165) is 21.4 Å². The van der Waals surface area contributed by atoms with Crippen LogP contribution in [0.4, 0.5) is 0 Å². The number of hydrogen-bond donors (Lipinski definition) is 1. The Labute approximate surface area is 119 Å². The van der Waals surface area contributed by atoms with E-state index in [4.69, 9.17) is 11.6 Å². The molecule has 1 aromatic heterocycles. The molecular weight excluding hydrogens is 320 g/mol. The fourth-order valence-electron chi connectivity index (χ4n) is 2.85. The Morgan fingerprint density at radius 3 is 3.00 bits per heavy atom. The van der Waals surface area contributed by atoms with Gasteiger partial charge in [-0.15, -0.1) is 11.3 Å². The zero-order valence-corrected chi connectivity index (χ0v) is 12.7. The van der Waals surface area contributed by atoms with Crippen LogP contribution >= 0.6 is 38.9 Å². The van der Waals surface area contributed by atoms with Crippen molar-refractivity contribution in [1.82, 2.24) is 10.2 Å². The topological polar surface area (TPSA) is 15.3 Å². The number of hydrogen-bond acceptors (Lipinski definition) is 3. The van der Waals surface area contributed by atoms with Gasteiger partial charge >= 0.3 is 0 Å². The second-order valence-electron chi connectivity index (χ2n) is 5.00. The van der Waals surface area contributed by atoms with Crippen LogP contribution in [0.25, 0.3) is 0 Å². The summed E-state index contributed by atoms with van der Waals surface area (Å²) in [7, 11) is 0. The van der Waals surface area contributed by atoms with Crippen LogP contribution < -0.4 is 5.32 Å². The minimum Gasteiger partial charge on any atom is -0.310 e. The third-order valence-electron chi connectivity index (χ3n) is 3.68. The quantitative estimate of drug-likeness (QED) is 0.890. The average Bonchev–Trinajstić information content (AvgIpc) is 2.76. The highest BCUT2D eigenvalue weighted by molar-refractivity contribution is 9.10. The second-order valence-corrected chi connectivity index (χ2v) is 7.59. The molecule has 94 valence electrons. The molecule has 2 nitrogen and oxygen atoms in total. The monoisotopic (exact) mass is 334 g/mol. The van der Waals surface area contributed by atoms with Gasteiger partial charge < -0.3 is 5.32 Å². The van der Waals surface area contributed by atoms with E-state index in [-0.39, 0.29) is 0 Å². The van der Waals surface area contributed by atoms with E-state index in [9.17, 15) is 0 Å². The predicted molar refractivity (Wildman–Crippen MR) is 76.9 cm³/mol. The summed E-state index contributed by atoms with van der Waals surface area (Å²) in [6.45, 7) is 3.44. The van der Waals surface area contributed by atoms with Crippen LogP contribution in [-0.4, -0.2) is 30.1 Å². The van der Waals surface area contributed by atoms with Crippen LogP contribution in [0.15, 0.2) is 10.5 Å². The van der Waals surface area contributed by atoms with Crippen LogP contribution in [0.2, 0.25) is 4.34 Å². The van der Waals surface area contributed by atoms with Crippen LogP contribution in [0.1, 0.15) is 24.1 Å². The summed E-state index contributed by atoms with van der Waals surface area (Å²) >= 11 is 11.3. The van der Waals surface area contributed by atoms with Gasteiger partial charge in [0.15, 0.2) is 0 Å². The Bertz CT molecular complexity index is 390. The largest absolute Gasteiger partial charge is 0.310 e. The van der Waals surface area contributed by atoms with Gasteiger partial charge in [-0.2, -0.15) is 0 Å². The van der Waals surface area contributed by atoms with Crippen molar-refractivity contribution in [2.75, 3.05) is 13.1 Å². The van der Waals surface area contributed by atoms with E-state index in [1.54, 1.807) is 11.3 Å². The van der Waals surface area contributed by atoms with E-state index in [1.807, 2.05) is 0 Å². The van der Waals surface area contributed by atoms with Crippen molar-refractivity contribution in [3.8, 4) is 0 Å². The summed E-state index contributed by atoms with van der Waals surface area (Å²) in [5.41, 5.74) is 0. The number of thiophene rings is 1. The van der Waals surface area contributed by atoms with Gasteiger partial charge in [0, 0.05) is 41.1 Å². The molecule has 3 rings (SSSR count). The maximum absolute atomic E-state index is 6.08. The number of rotatable bonds is 2. The summed E-state index contributed by atoms with van der Waals surface area (Å²) in [6, 6.07) is 3.63. The Morgan fingerprint density at radius 2 is 2.24 bits per heavy atom. The summed E-state index contributed by atoms with van der Waals surface area (Å²) < 4.78 is 1.91. The van der Waals surface area contributed by atoms with Crippen LogP contribution in [-0.2, 0) is 6.54 Å². The lowest BCUT2D eigenvalue weighted by Crippen LogP contribution is -2.34. The summed E-state index contributed by atoms with van der Waals surface area (Å²) in [6.07, 6.45) is 4.00. The van der Waals surface area contributed by atoms with E-state index < -0.39 is 0 Å². The Balaban J connectivity index is 1.65. The molecule has 2 fully saturated rings. The molecule has 17 heavy (non-hydrogen) atoms. The summed E-state index contributed by atoms with van der Waals surface area (Å²) in [5.74, 6) is 0. The molecule has 2 aliphatic rings. The Hall–Kier alpha value is 0.390.